The summed E-state index contributed by atoms with van der Waals surface area (Å²) in [5.74, 6) is 1.44. The second-order valence-electron chi connectivity index (χ2n) is 3.08. The lowest BCUT2D eigenvalue weighted by Crippen LogP contribution is -2.06. The maximum Gasteiger partial charge on any atom is 0.173 e. The Balaban J connectivity index is 2.22. The Morgan fingerprint density at radius 3 is 2.88 bits per heavy atom. The molecule has 16 heavy (non-hydrogen) atoms. The molecule has 0 saturated carbocycles. The Bertz CT molecular complexity index is 499. The van der Waals surface area contributed by atoms with E-state index in [-0.39, 0.29) is 0 Å². The highest BCUT2D eigenvalue weighted by Gasteiger charge is 2.05. The van der Waals surface area contributed by atoms with Crippen molar-refractivity contribution >= 4 is 31.9 Å². The van der Waals surface area contributed by atoms with Crippen LogP contribution in [-0.4, -0.2) is 14.9 Å². The van der Waals surface area contributed by atoms with E-state index in [2.05, 4.69) is 41.9 Å². The zero-order chi connectivity index (χ0) is 11.5. The minimum atomic E-state index is 0.682. The summed E-state index contributed by atoms with van der Waals surface area (Å²) < 4.78 is 1.81. The van der Waals surface area contributed by atoms with Crippen LogP contribution in [-0.2, 0) is 6.42 Å². The summed E-state index contributed by atoms with van der Waals surface area (Å²) in [5.41, 5.74) is 0. The molecule has 0 atom stereocenters. The van der Waals surface area contributed by atoms with E-state index >= 15 is 0 Å². The lowest BCUT2D eigenvalue weighted by Gasteiger charge is -2.05. The van der Waals surface area contributed by atoms with Crippen molar-refractivity contribution in [2.24, 2.45) is 0 Å². The fourth-order valence-electron chi connectivity index (χ4n) is 1.14. The first-order valence-corrected chi connectivity index (χ1v) is 6.31. The number of aryl methyl sites for hydroxylation is 1. The van der Waals surface area contributed by atoms with Crippen LogP contribution in [0.3, 0.4) is 0 Å². The molecule has 0 aliphatic carbocycles. The number of nitrogens with zero attached hydrogens (tertiary/aromatic N) is 3. The summed E-state index contributed by atoms with van der Waals surface area (Å²) >= 11 is 6.79. The molecule has 0 aliphatic heterocycles. The summed E-state index contributed by atoms with van der Waals surface area (Å²) in [7, 11) is 0. The highest BCUT2D eigenvalue weighted by atomic mass is 79.9. The first kappa shape index (κ1) is 11.6. The average Bonchev–Trinajstić information content (AvgIpc) is 2.71. The zero-order valence-corrected chi connectivity index (χ0v) is 11.7. The van der Waals surface area contributed by atoms with Crippen LogP contribution in [0.5, 0.6) is 5.75 Å². The molecular formula is C10H9Br2N3O. The average molecular weight is 347 g/mol. The third-order valence-corrected chi connectivity index (χ3v) is 3.07. The van der Waals surface area contributed by atoms with Crippen molar-refractivity contribution in [1.82, 2.24) is 14.9 Å². The van der Waals surface area contributed by atoms with E-state index in [9.17, 15) is 0 Å². The summed E-state index contributed by atoms with van der Waals surface area (Å²) in [4.78, 5) is 11.0. The van der Waals surface area contributed by atoms with Crippen molar-refractivity contribution < 1.29 is 4.84 Å². The maximum atomic E-state index is 5.54. The molecule has 1 aromatic heterocycles. The summed E-state index contributed by atoms with van der Waals surface area (Å²) in [6.45, 7) is 1.99. The minimum Gasteiger partial charge on any atom is -0.355 e. The molecule has 2 aromatic rings. The van der Waals surface area contributed by atoms with Gasteiger partial charge >= 0.3 is 0 Å². The van der Waals surface area contributed by atoms with Crippen LogP contribution in [0.2, 0.25) is 0 Å². The number of halogens is 2. The van der Waals surface area contributed by atoms with Gasteiger partial charge in [0.15, 0.2) is 17.9 Å². The molecule has 0 aliphatic rings. The van der Waals surface area contributed by atoms with Gasteiger partial charge in [0.2, 0.25) is 0 Å². The molecule has 0 spiro atoms. The van der Waals surface area contributed by atoms with E-state index in [0.29, 0.717) is 5.75 Å². The SMILES string of the molecule is CCc1ncn(Oc2cc(Br)ccc2Br)n1. The van der Waals surface area contributed by atoms with Gasteiger partial charge in [-0.25, -0.2) is 4.98 Å². The summed E-state index contributed by atoms with van der Waals surface area (Å²) in [6.07, 6.45) is 2.34. The highest BCUT2D eigenvalue weighted by molar-refractivity contribution is 9.11. The molecule has 0 N–H and O–H groups in total. The van der Waals surface area contributed by atoms with E-state index in [1.54, 1.807) is 6.33 Å². The van der Waals surface area contributed by atoms with Crippen LogP contribution in [0.15, 0.2) is 33.5 Å². The summed E-state index contributed by atoms with van der Waals surface area (Å²) in [6, 6.07) is 5.68. The van der Waals surface area contributed by atoms with Crippen LogP contribution in [0, 0.1) is 0 Å². The van der Waals surface area contributed by atoms with Gasteiger partial charge in [-0.05, 0) is 34.1 Å². The Labute approximate surface area is 110 Å². The monoisotopic (exact) mass is 345 g/mol. The van der Waals surface area contributed by atoms with E-state index in [1.807, 2.05) is 25.1 Å². The van der Waals surface area contributed by atoms with Crippen molar-refractivity contribution in [3.05, 3.63) is 39.3 Å². The fraction of sp³-hybridized carbons (Fsp3) is 0.200. The molecule has 4 nitrogen and oxygen atoms in total. The predicted molar refractivity (Wildman–Crippen MR) is 67.3 cm³/mol. The molecule has 0 bridgehead atoms. The smallest absolute Gasteiger partial charge is 0.173 e. The van der Waals surface area contributed by atoms with Crippen LogP contribution in [0.25, 0.3) is 0 Å². The quantitative estimate of drug-likeness (QED) is 0.856. The Morgan fingerprint density at radius 2 is 2.19 bits per heavy atom. The van der Waals surface area contributed by atoms with Crippen molar-refractivity contribution in [2.45, 2.75) is 13.3 Å². The third kappa shape index (κ3) is 2.62. The Morgan fingerprint density at radius 1 is 1.38 bits per heavy atom. The van der Waals surface area contributed by atoms with Crippen molar-refractivity contribution in [2.75, 3.05) is 0 Å². The van der Waals surface area contributed by atoms with E-state index < -0.39 is 0 Å². The second kappa shape index (κ2) is 4.97. The van der Waals surface area contributed by atoms with Gasteiger partial charge in [-0.3, -0.25) is 0 Å². The molecule has 0 radical (unpaired) electrons. The third-order valence-electron chi connectivity index (χ3n) is 1.92. The molecule has 2 rings (SSSR count). The molecule has 0 unspecified atom stereocenters. The topological polar surface area (TPSA) is 39.9 Å². The first-order chi connectivity index (χ1) is 7.69. The van der Waals surface area contributed by atoms with Crippen LogP contribution < -0.4 is 4.84 Å². The molecule has 84 valence electrons. The number of benzene rings is 1. The van der Waals surface area contributed by atoms with Crippen LogP contribution in [0.4, 0.5) is 0 Å². The Hall–Kier alpha value is -0.880. The minimum absolute atomic E-state index is 0.682. The lowest BCUT2D eigenvalue weighted by atomic mass is 10.3. The van der Waals surface area contributed by atoms with Gasteiger partial charge in [-0.15, -0.1) is 5.10 Å². The molecule has 0 saturated heterocycles. The summed E-state index contributed by atoms with van der Waals surface area (Å²) in [5, 5.41) is 4.14. The van der Waals surface area contributed by atoms with Crippen LogP contribution >= 0.6 is 31.9 Å². The molecule has 0 fully saturated rings. The molecule has 0 amide bonds. The fourth-order valence-corrected chi connectivity index (χ4v) is 1.79. The van der Waals surface area contributed by atoms with Gasteiger partial charge in [0.05, 0.1) is 4.47 Å². The number of hydrogen-bond acceptors (Lipinski definition) is 3. The maximum absolute atomic E-state index is 5.54. The van der Waals surface area contributed by atoms with E-state index in [4.69, 9.17) is 4.84 Å². The number of hydrogen-bond donors (Lipinski definition) is 0. The van der Waals surface area contributed by atoms with E-state index in [0.717, 1.165) is 21.2 Å². The standard InChI is InChI=1S/C10H9Br2N3O/c1-2-10-13-6-15(14-10)16-9-5-7(11)3-4-8(9)12/h3-6H,2H2,1H3. The van der Waals surface area contributed by atoms with Crippen LogP contribution in [0.1, 0.15) is 12.7 Å². The molecule has 6 heteroatoms. The molecule has 1 heterocycles. The second-order valence-corrected chi connectivity index (χ2v) is 4.85. The predicted octanol–water partition coefficient (Wildman–Crippen LogP) is 3.21. The van der Waals surface area contributed by atoms with Gasteiger partial charge in [-0.1, -0.05) is 27.7 Å². The molecule has 1 aromatic carbocycles. The first-order valence-electron chi connectivity index (χ1n) is 4.73. The largest absolute Gasteiger partial charge is 0.355 e. The normalized spacial score (nSPS) is 10.4. The van der Waals surface area contributed by atoms with Gasteiger partial charge in [0.1, 0.15) is 0 Å². The lowest BCUT2D eigenvalue weighted by molar-refractivity contribution is 0.175. The Kier molecular flexibility index (Phi) is 3.60. The van der Waals surface area contributed by atoms with E-state index in [1.165, 1.54) is 4.85 Å². The van der Waals surface area contributed by atoms with Crippen molar-refractivity contribution in [3.63, 3.8) is 0 Å². The molecular weight excluding hydrogens is 338 g/mol. The van der Waals surface area contributed by atoms with Gasteiger partial charge in [-0.2, -0.15) is 0 Å². The van der Waals surface area contributed by atoms with Gasteiger partial charge in [0.25, 0.3) is 0 Å². The van der Waals surface area contributed by atoms with Gasteiger partial charge < -0.3 is 4.84 Å². The van der Waals surface area contributed by atoms with Crippen molar-refractivity contribution in [3.8, 4) is 5.75 Å². The number of aromatic nitrogens is 3. The van der Waals surface area contributed by atoms with Gasteiger partial charge in [0, 0.05) is 10.9 Å². The highest BCUT2D eigenvalue weighted by Crippen LogP contribution is 2.28. The zero-order valence-electron chi connectivity index (χ0n) is 8.52. The van der Waals surface area contributed by atoms with Crippen molar-refractivity contribution in [1.29, 1.82) is 0 Å². The number of rotatable bonds is 3.